The highest BCUT2D eigenvalue weighted by Crippen LogP contribution is 2.37. The Kier molecular flexibility index (Phi) is 7.57. The second-order valence-electron chi connectivity index (χ2n) is 11.2. The van der Waals surface area contributed by atoms with Crippen LogP contribution in [0.5, 0.6) is 0 Å². The first-order valence-electron chi connectivity index (χ1n) is 13.5. The van der Waals surface area contributed by atoms with Crippen molar-refractivity contribution in [2.24, 2.45) is 5.92 Å². The molecule has 0 saturated carbocycles. The van der Waals surface area contributed by atoms with Crippen molar-refractivity contribution in [3.63, 3.8) is 0 Å². The number of amides is 2. The Morgan fingerprint density at radius 2 is 1.95 bits per heavy atom. The molecule has 0 bridgehead atoms. The lowest BCUT2D eigenvalue weighted by Crippen LogP contribution is -2.39. The molecule has 2 amide bonds. The summed E-state index contributed by atoms with van der Waals surface area (Å²) >= 11 is 0. The molecule has 3 N–H and O–H groups in total. The van der Waals surface area contributed by atoms with Crippen LogP contribution in [0.1, 0.15) is 56.9 Å². The van der Waals surface area contributed by atoms with Gasteiger partial charge in [0.25, 0.3) is 5.91 Å². The minimum absolute atomic E-state index is 0.0142. The van der Waals surface area contributed by atoms with Crippen molar-refractivity contribution in [2.45, 2.75) is 52.2 Å². The molecule has 0 aliphatic carbocycles. The summed E-state index contributed by atoms with van der Waals surface area (Å²) in [5.41, 5.74) is 6.74. The number of nitrogens with zero attached hydrogens (tertiary/aromatic N) is 6. The van der Waals surface area contributed by atoms with Gasteiger partial charge in [0.15, 0.2) is 5.65 Å². The fourth-order valence-corrected chi connectivity index (χ4v) is 5.08. The first-order valence-corrected chi connectivity index (χ1v) is 13.5. The topological polar surface area (TPSA) is 141 Å². The summed E-state index contributed by atoms with van der Waals surface area (Å²) in [7, 11) is 0. The van der Waals surface area contributed by atoms with Gasteiger partial charge in [0.1, 0.15) is 35.1 Å². The number of benzene rings is 1. The van der Waals surface area contributed by atoms with Gasteiger partial charge in [-0.1, -0.05) is 13.0 Å². The van der Waals surface area contributed by atoms with E-state index in [1.807, 2.05) is 27.7 Å². The number of hydrogen-bond donors (Lipinski definition) is 2. The van der Waals surface area contributed by atoms with Crippen LogP contribution in [0.4, 0.5) is 20.8 Å². The molecule has 214 valence electrons. The lowest BCUT2D eigenvalue weighted by Gasteiger charge is -2.28. The molecule has 0 spiro atoms. The van der Waals surface area contributed by atoms with Gasteiger partial charge in [0.2, 0.25) is 0 Å². The number of hydrogen-bond acceptors (Lipinski definition) is 8. The van der Waals surface area contributed by atoms with Gasteiger partial charge in [-0.2, -0.15) is 5.10 Å². The number of carbonyl (C=O) groups is 2. The summed E-state index contributed by atoms with van der Waals surface area (Å²) in [6.07, 6.45) is 4.00. The molecule has 1 saturated heterocycles. The zero-order chi connectivity index (χ0) is 29.3. The van der Waals surface area contributed by atoms with Crippen LogP contribution in [-0.4, -0.2) is 60.3 Å². The number of rotatable bonds is 4. The number of nitrogens with two attached hydrogens (primary N) is 1. The maximum Gasteiger partial charge on any atom is 0.410 e. The van der Waals surface area contributed by atoms with Crippen LogP contribution in [0.2, 0.25) is 0 Å². The number of halogens is 1. The highest BCUT2D eigenvalue weighted by molar-refractivity contribution is 6.04. The number of carbonyl (C=O) groups excluding carboxylic acids is 2. The third-order valence-electron chi connectivity index (χ3n) is 6.97. The van der Waals surface area contributed by atoms with Gasteiger partial charge in [-0.25, -0.2) is 28.8 Å². The predicted molar refractivity (Wildman–Crippen MR) is 153 cm³/mol. The summed E-state index contributed by atoms with van der Waals surface area (Å²) in [6.45, 7) is 8.58. The number of nitrogens with one attached hydrogen (secondary N) is 1. The maximum absolute atomic E-state index is 15.6. The third kappa shape index (κ3) is 5.96. The maximum atomic E-state index is 15.6. The zero-order valence-corrected chi connectivity index (χ0v) is 23.5. The Hall–Kier alpha value is -4.61. The van der Waals surface area contributed by atoms with E-state index in [4.69, 9.17) is 15.6 Å². The van der Waals surface area contributed by atoms with Gasteiger partial charge in [-0.15, -0.1) is 0 Å². The quantitative estimate of drug-likeness (QED) is 0.352. The van der Waals surface area contributed by atoms with Crippen LogP contribution in [0.15, 0.2) is 48.9 Å². The van der Waals surface area contributed by atoms with Crippen LogP contribution in [0.25, 0.3) is 22.3 Å². The Bertz CT molecular complexity index is 1580. The van der Waals surface area contributed by atoms with Gasteiger partial charge in [0, 0.05) is 30.4 Å². The lowest BCUT2D eigenvalue weighted by molar-refractivity contribution is 0.0232. The molecule has 0 radical (unpaired) electrons. The molecule has 1 aliphatic rings. The highest BCUT2D eigenvalue weighted by Gasteiger charge is 2.33. The van der Waals surface area contributed by atoms with E-state index in [9.17, 15) is 9.59 Å². The molecule has 5 rings (SSSR count). The number of fused-ring (bicyclic) bond motifs is 1. The summed E-state index contributed by atoms with van der Waals surface area (Å²) in [6, 6.07) is 9.16. The molecule has 1 aromatic carbocycles. The SMILES string of the molecule is C[C@H]1CN(C(=O)OC(C)(C)C)CCCC1n1nc(-c2ccc(C(=O)Nc3ccccn3)cc2F)c2c(N)ncnc21. The van der Waals surface area contributed by atoms with Crippen LogP contribution in [0.3, 0.4) is 0 Å². The van der Waals surface area contributed by atoms with Gasteiger partial charge in [-0.05, 0) is 69.9 Å². The van der Waals surface area contributed by atoms with E-state index < -0.39 is 17.3 Å². The van der Waals surface area contributed by atoms with Crippen molar-refractivity contribution in [1.29, 1.82) is 0 Å². The van der Waals surface area contributed by atoms with E-state index in [2.05, 4.69) is 20.3 Å². The van der Waals surface area contributed by atoms with Crippen LogP contribution < -0.4 is 11.1 Å². The second kappa shape index (κ2) is 11.1. The van der Waals surface area contributed by atoms with Crippen molar-refractivity contribution in [2.75, 3.05) is 24.1 Å². The Balaban J connectivity index is 1.47. The summed E-state index contributed by atoms with van der Waals surface area (Å²) < 4.78 is 22.9. The smallest absolute Gasteiger partial charge is 0.410 e. The minimum atomic E-state index is -0.640. The fourth-order valence-electron chi connectivity index (χ4n) is 5.08. The highest BCUT2D eigenvalue weighted by atomic mass is 19.1. The summed E-state index contributed by atoms with van der Waals surface area (Å²) in [4.78, 5) is 39.9. The molecule has 41 heavy (non-hydrogen) atoms. The van der Waals surface area contributed by atoms with Gasteiger partial charge in [-0.3, -0.25) is 4.79 Å². The molecule has 3 aromatic heterocycles. The van der Waals surface area contributed by atoms with Crippen molar-refractivity contribution in [1.82, 2.24) is 29.6 Å². The van der Waals surface area contributed by atoms with E-state index in [-0.39, 0.29) is 40.7 Å². The number of pyridine rings is 1. The third-order valence-corrected chi connectivity index (χ3v) is 6.97. The standard InChI is InChI=1S/C29H33FN8O3/c1-17-15-37(28(40)41-29(2,3)4)13-7-8-21(17)38-26-23(25(31)33-16-34-26)24(36-38)19-11-10-18(14-20(19)30)27(39)35-22-9-5-6-12-32-22/h5-6,9-12,14,16-17,21H,7-8,13,15H2,1-4H3,(H2,31,33,34)(H,32,35,39)/t17-,21?/m0/s1. The first-order chi connectivity index (χ1) is 19.5. The normalized spacial score (nSPS) is 17.7. The molecule has 4 heterocycles. The van der Waals surface area contributed by atoms with E-state index in [0.29, 0.717) is 29.9 Å². The van der Waals surface area contributed by atoms with Crippen molar-refractivity contribution in [3.05, 3.63) is 60.3 Å². The van der Waals surface area contributed by atoms with E-state index in [1.54, 1.807) is 34.0 Å². The molecular formula is C29H33FN8O3. The molecule has 4 aromatic rings. The molecule has 1 fully saturated rings. The Labute approximate surface area is 236 Å². The number of likely N-dealkylation sites (tertiary alicyclic amines) is 1. The lowest BCUT2D eigenvalue weighted by atomic mass is 9.99. The number of aromatic nitrogens is 5. The summed E-state index contributed by atoms with van der Waals surface area (Å²) in [5, 5.41) is 7.90. The van der Waals surface area contributed by atoms with Crippen LogP contribution in [0, 0.1) is 11.7 Å². The Morgan fingerprint density at radius 1 is 1.15 bits per heavy atom. The first kappa shape index (κ1) is 27.9. The van der Waals surface area contributed by atoms with Crippen molar-refractivity contribution >= 4 is 34.7 Å². The second-order valence-corrected chi connectivity index (χ2v) is 11.2. The number of nitrogen functional groups attached to an aromatic ring is 1. The van der Waals surface area contributed by atoms with Crippen LogP contribution >= 0.6 is 0 Å². The summed E-state index contributed by atoms with van der Waals surface area (Å²) in [5.74, 6) is -0.615. The molecule has 12 heteroatoms. The van der Waals surface area contributed by atoms with E-state index >= 15 is 4.39 Å². The molecule has 11 nitrogen and oxygen atoms in total. The monoisotopic (exact) mass is 560 g/mol. The van der Waals surface area contributed by atoms with Gasteiger partial charge in [0.05, 0.1) is 11.4 Å². The largest absolute Gasteiger partial charge is 0.444 e. The predicted octanol–water partition coefficient (Wildman–Crippen LogP) is 5.07. The van der Waals surface area contributed by atoms with Crippen molar-refractivity contribution < 1.29 is 18.7 Å². The van der Waals surface area contributed by atoms with E-state index in [0.717, 1.165) is 18.9 Å². The Morgan fingerprint density at radius 3 is 2.66 bits per heavy atom. The molecular weight excluding hydrogens is 527 g/mol. The molecule has 1 aliphatic heterocycles. The molecule has 2 atom stereocenters. The average Bonchev–Trinajstić information content (AvgIpc) is 3.18. The minimum Gasteiger partial charge on any atom is -0.444 e. The van der Waals surface area contributed by atoms with Gasteiger partial charge >= 0.3 is 6.09 Å². The van der Waals surface area contributed by atoms with Crippen LogP contribution in [-0.2, 0) is 4.74 Å². The number of anilines is 2. The average molecular weight is 561 g/mol. The zero-order valence-electron chi connectivity index (χ0n) is 23.5. The fraction of sp³-hybridized carbons (Fsp3) is 0.379. The molecule has 1 unspecified atom stereocenters. The van der Waals surface area contributed by atoms with Crippen molar-refractivity contribution in [3.8, 4) is 11.3 Å². The van der Waals surface area contributed by atoms with E-state index in [1.165, 1.54) is 18.5 Å². The number of ether oxygens (including phenoxy) is 1. The van der Waals surface area contributed by atoms with Gasteiger partial charge < -0.3 is 20.7 Å².